The zero-order valence-corrected chi connectivity index (χ0v) is 17.6. The number of likely N-dealkylation sites (tertiary alicyclic amines) is 1. The average Bonchev–Trinajstić information content (AvgIpc) is 2.67. The van der Waals surface area contributed by atoms with Crippen molar-refractivity contribution >= 4 is 12.1 Å². The van der Waals surface area contributed by atoms with Crippen LogP contribution in [0.15, 0.2) is 24.4 Å². The lowest BCUT2D eigenvalue weighted by Crippen LogP contribution is -2.60. The number of methoxy groups -OCH3 is 1. The van der Waals surface area contributed by atoms with E-state index < -0.39 is 29.2 Å². The van der Waals surface area contributed by atoms with Crippen LogP contribution >= 0.6 is 0 Å². The number of ether oxygens (including phenoxy) is 3. The molecule has 7 nitrogen and oxygen atoms in total. The summed E-state index contributed by atoms with van der Waals surface area (Å²) in [6, 6.07) is 5.46. The molecule has 1 aliphatic heterocycles. The number of esters is 1. The average molecular weight is 392 g/mol. The molecule has 2 rings (SSSR count). The molecule has 0 spiro atoms. The number of nitrogens with zero attached hydrogens (tertiary/aromatic N) is 2. The lowest BCUT2D eigenvalue weighted by molar-refractivity contribution is -0.160. The van der Waals surface area contributed by atoms with Gasteiger partial charge in [-0.2, -0.15) is 0 Å². The summed E-state index contributed by atoms with van der Waals surface area (Å²) < 4.78 is 16.8. The number of pyridine rings is 1. The van der Waals surface area contributed by atoms with Crippen LogP contribution in [0.1, 0.15) is 52.7 Å². The van der Waals surface area contributed by atoms with E-state index in [-0.39, 0.29) is 6.54 Å². The van der Waals surface area contributed by atoms with E-state index in [0.29, 0.717) is 25.3 Å². The van der Waals surface area contributed by atoms with Gasteiger partial charge in [0.2, 0.25) is 0 Å². The van der Waals surface area contributed by atoms with Gasteiger partial charge in [-0.15, -0.1) is 0 Å². The Hall–Kier alpha value is -2.15. The van der Waals surface area contributed by atoms with Gasteiger partial charge in [-0.25, -0.2) is 4.79 Å². The Kier molecular flexibility index (Phi) is 7.41. The van der Waals surface area contributed by atoms with Crippen molar-refractivity contribution in [1.29, 1.82) is 0 Å². The molecule has 7 heteroatoms. The second-order valence-electron chi connectivity index (χ2n) is 8.07. The molecule has 156 valence electrons. The molecule has 0 radical (unpaired) electrons. The maximum absolute atomic E-state index is 13.0. The molecule has 1 aromatic heterocycles. The highest BCUT2D eigenvalue weighted by Crippen LogP contribution is 2.38. The number of carbonyl (C=O) groups is 2. The fraction of sp³-hybridized carbons (Fsp3) is 0.667. The van der Waals surface area contributed by atoms with Crippen LogP contribution in [-0.4, -0.2) is 60.5 Å². The number of amides is 1. The third-order valence-electron chi connectivity index (χ3n) is 4.85. The second-order valence-corrected chi connectivity index (χ2v) is 8.07. The molecule has 1 saturated heterocycles. The number of unbranched alkanes of at least 4 members (excludes halogenated alkanes) is 1. The highest BCUT2D eigenvalue weighted by atomic mass is 16.6. The van der Waals surface area contributed by atoms with Crippen molar-refractivity contribution in [3.05, 3.63) is 30.1 Å². The molecule has 0 N–H and O–H groups in total. The Balaban J connectivity index is 2.35. The van der Waals surface area contributed by atoms with Crippen molar-refractivity contribution in [2.24, 2.45) is 0 Å². The van der Waals surface area contributed by atoms with Crippen LogP contribution in [0, 0.1) is 0 Å². The molecule has 0 bridgehead atoms. The summed E-state index contributed by atoms with van der Waals surface area (Å²) in [4.78, 5) is 31.6. The molecule has 0 saturated carbocycles. The van der Waals surface area contributed by atoms with Gasteiger partial charge >= 0.3 is 12.1 Å². The van der Waals surface area contributed by atoms with E-state index >= 15 is 0 Å². The Morgan fingerprint density at radius 2 is 2.07 bits per heavy atom. The van der Waals surface area contributed by atoms with Gasteiger partial charge in [0.25, 0.3) is 0 Å². The van der Waals surface area contributed by atoms with E-state index in [1.165, 1.54) is 7.11 Å². The van der Waals surface area contributed by atoms with Crippen molar-refractivity contribution in [2.45, 2.75) is 64.1 Å². The molecule has 0 aliphatic carbocycles. The predicted molar refractivity (Wildman–Crippen MR) is 105 cm³/mol. The predicted octanol–water partition coefficient (Wildman–Crippen LogP) is 3.32. The first kappa shape index (κ1) is 22.1. The first-order valence-electron chi connectivity index (χ1n) is 9.84. The smallest absolute Gasteiger partial charge is 0.410 e. The minimum absolute atomic E-state index is 0.240. The van der Waals surface area contributed by atoms with E-state index in [1.807, 2.05) is 32.9 Å². The fourth-order valence-corrected chi connectivity index (χ4v) is 3.42. The van der Waals surface area contributed by atoms with Gasteiger partial charge in [-0.1, -0.05) is 19.4 Å². The summed E-state index contributed by atoms with van der Waals surface area (Å²) >= 11 is 0. The Bertz CT molecular complexity index is 659. The zero-order valence-electron chi connectivity index (χ0n) is 17.6. The summed E-state index contributed by atoms with van der Waals surface area (Å²) in [5.74, 6) is -0.392. The molecule has 1 aliphatic rings. The van der Waals surface area contributed by atoms with E-state index in [9.17, 15) is 9.59 Å². The number of hydrogen-bond donors (Lipinski definition) is 0. The van der Waals surface area contributed by atoms with Crippen LogP contribution in [0.4, 0.5) is 4.79 Å². The summed E-state index contributed by atoms with van der Waals surface area (Å²) in [5.41, 5.74) is -1.04. The molecule has 2 atom stereocenters. The summed E-state index contributed by atoms with van der Waals surface area (Å²) in [7, 11) is 1.37. The highest BCUT2D eigenvalue weighted by Gasteiger charge is 2.54. The standard InChI is InChI=1S/C21H32N2O5/c1-6-7-14-27-17-15-23(19(25)28-20(2,3)4)13-11-21(17,18(24)26-5)16-10-8-9-12-22-16/h8-10,12,17H,6-7,11,13-15H2,1-5H3/t17-,21-/m1/s1. The highest BCUT2D eigenvalue weighted by molar-refractivity contribution is 5.84. The molecule has 28 heavy (non-hydrogen) atoms. The van der Waals surface area contributed by atoms with Crippen LogP contribution in [-0.2, 0) is 24.4 Å². The third-order valence-corrected chi connectivity index (χ3v) is 4.85. The monoisotopic (exact) mass is 392 g/mol. The fourth-order valence-electron chi connectivity index (χ4n) is 3.42. The number of piperidine rings is 1. The number of aromatic nitrogens is 1. The lowest BCUT2D eigenvalue weighted by atomic mass is 9.73. The normalized spacial score (nSPS) is 22.6. The van der Waals surface area contributed by atoms with Crippen LogP contribution in [0.3, 0.4) is 0 Å². The van der Waals surface area contributed by atoms with Crippen molar-refractivity contribution < 1.29 is 23.8 Å². The topological polar surface area (TPSA) is 78.0 Å². The molecule has 1 aromatic rings. The van der Waals surface area contributed by atoms with Gasteiger partial charge in [0, 0.05) is 19.3 Å². The van der Waals surface area contributed by atoms with Gasteiger partial charge < -0.3 is 19.1 Å². The van der Waals surface area contributed by atoms with E-state index in [2.05, 4.69) is 11.9 Å². The SMILES string of the molecule is CCCCO[C@@H]1CN(C(=O)OC(C)(C)C)CC[C@@]1(C(=O)OC)c1ccccn1. The summed E-state index contributed by atoms with van der Waals surface area (Å²) in [5, 5.41) is 0. The Morgan fingerprint density at radius 3 is 2.64 bits per heavy atom. The lowest BCUT2D eigenvalue weighted by Gasteiger charge is -2.45. The van der Waals surface area contributed by atoms with Crippen LogP contribution < -0.4 is 0 Å². The van der Waals surface area contributed by atoms with Gasteiger partial charge in [0.05, 0.1) is 25.5 Å². The quantitative estimate of drug-likeness (QED) is 0.546. The van der Waals surface area contributed by atoms with Gasteiger partial charge in [-0.3, -0.25) is 9.78 Å². The van der Waals surface area contributed by atoms with Crippen molar-refractivity contribution in [3.63, 3.8) is 0 Å². The number of carbonyl (C=O) groups excluding carboxylic acids is 2. The summed E-state index contributed by atoms with van der Waals surface area (Å²) in [6.45, 7) is 8.65. The van der Waals surface area contributed by atoms with Gasteiger partial charge in [0.1, 0.15) is 11.0 Å². The molecule has 1 fully saturated rings. The van der Waals surface area contributed by atoms with Crippen LogP contribution in [0.5, 0.6) is 0 Å². The van der Waals surface area contributed by atoms with Crippen LogP contribution in [0.25, 0.3) is 0 Å². The molecule has 2 heterocycles. The number of hydrogen-bond acceptors (Lipinski definition) is 6. The van der Waals surface area contributed by atoms with Gasteiger partial charge in [-0.05, 0) is 45.7 Å². The molecule has 1 amide bonds. The molecular formula is C21H32N2O5. The van der Waals surface area contributed by atoms with Crippen molar-refractivity contribution in [1.82, 2.24) is 9.88 Å². The zero-order chi connectivity index (χ0) is 20.8. The van der Waals surface area contributed by atoms with E-state index in [0.717, 1.165) is 12.8 Å². The van der Waals surface area contributed by atoms with Crippen LogP contribution in [0.2, 0.25) is 0 Å². The second kappa shape index (κ2) is 9.37. The van der Waals surface area contributed by atoms with Crippen molar-refractivity contribution in [3.8, 4) is 0 Å². The maximum Gasteiger partial charge on any atom is 0.410 e. The minimum Gasteiger partial charge on any atom is -0.468 e. The molecule has 0 unspecified atom stereocenters. The Morgan fingerprint density at radius 1 is 1.32 bits per heavy atom. The number of rotatable bonds is 6. The Labute approximate surface area is 167 Å². The largest absolute Gasteiger partial charge is 0.468 e. The third kappa shape index (κ3) is 5.01. The maximum atomic E-state index is 13.0. The first-order chi connectivity index (χ1) is 13.2. The van der Waals surface area contributed by atoms with Crippen molar-refractivity contribution in [2.75, 3.05) is 26.8 Å². The van der Waals surface area contributed by atoms with Gasteiger partial charge in [0.15, 0.2) is 0 Å². The molecular weight excluding hydrogens is 360 g/mol. The minimum atomic E-state index is -1.05. The van der Waals surface area contributed by atoms with E-state index in [4.69, 9.17) is 14.2 Å². The van der Waals surface area contributed by atoms with E-state index in [1.54, 1.807) is 17.2 Å². The molecule has 0 aromatic carbocycles. The summed E-state index contributed by atoms with van der Waals surface area (Å²) in [6.07, 6.45) is 2.87. The first-order valence-corrected chi connectivity index (χ1v) is 9.84.